The van der Waals surface area contributed by atoms with Crippen LogP contribution in [0.5, 0.6) is 0 Å². The first-order valence-corrected chi connectivity index (χ1v) is 11.2. The molecule has 1 aliphatic heterocycles. The monoisotopic (exact) mass is 527 g/mol. The van der Waals surface area contributed by atoms with Crippen LogP contribution in [0.25, 0.3) is 0 Å². The van der Waals surface area contributed by atoms with Crippen molar-refractivity contribution in [1.82, 2.24) is 15.6 Å². The van der Waals surface area contributed by atoms with Crippen molar-refractivity contribution >= 4 is 46.4 Å². The van der Waals surface area contributed by atoms with Gasteiger partial charge in [0.05, 0.1) is 12.2 Å². The van der Waals surface area contributed by atoms with Gasteiger partial charge >= 0.3 is 0 Å². The molecule has 0 bridgehead atoms. The molecular formula is C22H34IN5S. The zero-order valence-corrected chi connectivity index (χ0v) is 20.9. The zero-order chi connectivity index (χ0) is 19.8. The minimum atomic E-state index is 0. The van der Waals surface area contributed by atoms with Crippen LogP contribution in [0, 0.1) is 0 Å². The van der Waals surface area contributed by atoms with E-state index in [4.69, 9.17) is 9.98 Å². The molecule has 160 valence electrons. The van der Waals surface area contributed by atoms with Crippen LogP contribution < -0.4 is 15.5 Å². The molecule has 0 aliphatic carbocycles. The summed E-state index contributed by atoms with van der Waals surface area (Å²) in [5.74, 6) is 0.876. The van der Waals surface area contributed by atoms with Gasteiger partial charge in [-0.25, -0.2) is 4.98 Å². The van der Waals surface area contributed by atoms with Crippen LogP contribution in [0.4, 0.5) is 5.13 Å². The molecule has 0 radical (unpaired) electrons. The van der Waals surface area contributed by atoms with E-state index in [9.17, 15) is 0 Å². The average molecular weight is 528 g/mol. The number of thiazole rings is 1. The van der Waals surface area contributed by atoms with E-state index in [1.165, 1.54) is 29.2 Å². The lowest BCUT2D eigenvalue weighted by Gasteiger charge is -2.23. The predicted molar refractivity (Wildman–Crippen MR) is 136 cm³/mol. The number of guanidine groups is 1. The number of nitrogens with one attached hydrogen (secondary N) is 2. The highest BCUT2D eigenvalue weighted by molar-refractivity contribution is 14.0. The number of nitrogens with zero attached hydrogens (tertiary/aromatic N) is 3. The van der Waals surface area contributed by atoms with E-state index in [2.05, 4.69) is 72.0 Å². The summed E-state index contributed by atoms with van der Waals surface area (Å²) >= 11 is 1.77. The SMILES string of the molecule is CCNC(=NCC(C)(C)c1ccccc1)NCCc1csc(N2CCCC2)n1.I. The van der Waals surface area contributed by atoms with Crippen LogP contribution in [-0.4, -0.2) is 43.7 Å². The normalized spacial score (nSPS) is 14.6. The first-order chi connectivity index (χ1) is 13.6. The second-order valence-corrected chi connectivity index (χ2v) is 8.77. The Morgan fingerprint density at radius 2 is 1.90 bits per heavy atom. The smallest absolute Gasteiger partial charge is 0.191 e. The van der Waals surface area contributed by atoms with Crippen molar-refractivity contribution in [3.63, 3.8) is 0 Å². The Kier molecular flexibility index (Phi) is 9.68. The molecule has 0 amide bonds. The molecule has 1 fully saturated rings. The molecule has 0 unspecified atom stereocenters. The highest BCUT2D eigenvalue weighted by Crippen LogP contribution is 2.24. The Morgan fingerprint density at radius 1 is 1.17 bits per heavy atom. The van der Waals surface area contributed by atoms with Gasteiger partial charge in [0.15, 0.2) is 11.1 Å². The molecule has 7 heteroatoms. The minimum Gasteiger partial charge on any atom is -0.357 e. The van der Waals surface area contributed by atoms with Gasteiger partial charge < -0.3 is 15.5 Å². The van der Waals surface area contributed by atoms with Gasteiger partial charge in [0, 0.05) is 43.4 Å². The Hall–Kier alpha value is -1.35. The quantitative estimate of drug-likeness (QED) is 0.303. The maximum Gasteiger partial charge on any atom is 0.191 e. The molecule has 1 aromatic carbocycles. The lowest BCUT2D eigenvalue weighted by Crippen LogP contribution is -2.39. The Morgan fingerprint density at radius 3 is 2.59 bits per heavy atom. The highest BCUT2D eigenvalue weighted by atomic mass is 127. The fourth-order valence-electron chi connectivity index (χ4n) is 3.37. The van der Waals surface area contributed by atoms with E-state index in [0.29, 0.717) is 0 Å². The van der Waals surface area contributed by atoms with Gasteiger partial charge in [-0.05, 0) is 25.3 Å². The van der Waals surface area contributed by atoms with Crippen molar-refractivity contribution < 1.29 is 0 Å². The van der Waals surface area contributed by atoms with Crippen molar-refractivity contribution in [2.45, 2.75) is 45.4 Å². The molecule has 5 nitrogen and oxygen atoms in total. The fourth-order valence-corrected chi connectivity index (χ4v) is 4.29. The molecule has 0 spiro atoms. The summed E-state index contributed by atoms with van der Waals surface area (Å²) in [7, 11) is 0. The van der Waals surface area contributed by atoms with E-state index in [1.807, 2.05) is 0 Å². The zero-order valence-electron chi connectivity index (χ0n) is 17.8. The number of rotatable bonds is 8. The summed E-state index contributed by atoms with van der Waals surface area (Å²) in [6.45, 7) is 11.3. The number of aromatic nitrogens is 1. The molecule has 0 atom stereocenters. The minimum absolute atomic E-state index is 0. The molecule has 0 saturated carbocycles. The van der Waals surface area contributed by atoms with E-state index >= 15 is 0 Å². The van der Waals surface area contributed by atoms with Gasteiger partial charge in [-0.15, -0.1) is 35.3 Å². The van der Waals surface area contributed by atoms with Gasteiger partial charge in [-0.1, -0.05) is 44.2 Å². The van der Waals surface area contributed by atoms with Crippen LogP contribution in [0.2, 0.25) is 0 Å². The summed E-state index contributed by atoms with van der Waals surface area (Å²) in [6, 6.07) is 10.6. The van der Waals surface area contributed by atoms with Crippen LogP contribution in [0.3, 0.4) is 0 Å². The van der Waals surface area contributed by atoms with Gasteiger partial charge in [-0.3, -0.25) is 4.99 Å². The van der Waals surface area contributed by atoms with Crippen molar-refractivity contribution in [1.29, 1.82) is 0 Å². The van der Waals surface area contributed by atoms with Crippen molar-refractivity contribution in [2.24, 2.45) is 4.99 Å². The molecule has 2 aromatic rings. The molecule has 1 aromatic heterocycles. The molecule has 2 heterocycles. The summed E-state index contributed by atoms with van der Waals surface area (Å²) < 4.78 is 0. The van der Waals surface area contributed by atoms with E-state index < -0.39 is 0 Å². The number of anilines is 1. The van der Waals surface area contributed by atoms with Crippen LogP contribution in [0.1, 0.15) is 44.9 Å². The summed E-state index contributed by atoms with van der Waals surface area (Å²) in [4.78, 5) is 12.0. The fraction of sp³-hybridized carbons (Fsp3) is 0.545. The van der Waals surface area contributed by atoms with Crippen molar-refractivity contribution in [2.75, 3.05) is 37.6 Å². The highest BCUT2D eigenvalue weighted by Gasteiger charge is 2.20. The molecule has 1 saturated heterocycles. The van der Waals surface area contributed by atoms with E-state index in [-0.39, 0.29) is 29.4 Å². The lowest BCUT2D eigenvalue weighted by molar-refractivity contribution is 0.537. The third kappa shape index (κ3) is 7.13. The van der Waals surface area contributed by atoms with E-state index in [1.54, 1.807) is 11.3 Å². The first kappa shape index (κ1) is 23.9. The van der Waals surface area contributed by atoms with Crippen molar-refractivity contribution in [3.8, 4) is 0 Å². The average Bonchev–Trinajstić information content (AvgIpc) is 3.39. The van der Waals surface area contributed by atoms with Crippen molar-refractivity contribution in [3.05, 3.63) is 47.0 Å². The summed E-state index contributed by atoms with van der Waals surface area (Å²) in [5.41, 5.74) is 2.48. The van der Waals surface area contributed by atoms with Crippen LogP contribution in [0.15, 0.2) is 40.7 Å². The van der Waals surface area contributed by atoms with Gasteiger partial charge in [0.25, 0.3) is 0 Å². The summed E-state index contributed by atoms with van der Waals surface area (Å²) in [5, 5.41) is 10.2. The topological polar surface area (TPSA) is 52.6 Å². The number of hydrogen-bond acceptors (Lipinski definition) is 4. The molecular weight excluding hydrogens is 493 g/mol. The Bertz CT molecular complexity index is 754. The molecule has 1 aliphatic rings. The molecule has 2 N–H and O–H groups in total. The maximum absolute atomic E-state index is 4.83. The van der Waals surface area contributed by atoms with Gasteiger partial charge in [0.2, 0.25) is 0 Å². The number of aliphatic imine (C=N–C) groups is 1. The predicted octanol–water partition coefficient (Wildman–Crippen LogP) is 4.44. The number of hydrogen-bond donors (Lipinski definition) is 2. The first-order valence-electron chi connectivity index (χ1n) is 10.4. The van der Waals surface area contributed by atoms with Crippen LogP contribution >= 0.6 is 35.3 Å². The lowest BCUT2D eigenvalue weighted by atomic mass is 9.85. The maximum atomic E-state index is 4.83. The Balaban J connectivity index is 0.00000300. The largest absolute Gasteiger partial charge is 0.357 e. The summed E-state index contributed by atoms with van der Waals surface area (Å²) in [6.07, 6.45) is 3.49. The van der Waals surface area contributed by atoms with Gasteiger partial charge in [-0.2, -0.15) is 0 Å². The third-order valence-corrected chi connectivity index (χ3v) is 6.07. The number of halogens is 1. The standard InChI is InChI=1S/C22H33N5S.HI/c1-4-23-20(25-17-22(2,3)18-10-6-5-7-11-18)24-13-12-19-16-28-21(26-19)27-14-8-9-15-27;/h5-7,10-11,16H,4,8-9,12-15,17H2,1-3H3,(H2,23,24,25);1H. The second kappa shape index (κ2) is 11.7. The third-order valence-electron chi connectivity index (χ3n) is 5.12. The molecule has 29 heavy (non-hydrogen) atoms. The van der Waals surface area contributed by atoms with E-state index in [0.717, 1.165) is 45.1 Å². The second-order valence-electron chi connectivity index (χ2n) is 7.94. The van der Waals surface area contributed by atoms with Crippen LogP contribution in [-0.2, 0) is 11.8 Å². The number of benzene rings is 1. The molecule has 3 rings (SSSR count). The van der Waals surface area contributed by atoms with Gasteiger partial charge in [0.1, 0.15) is 0 Å². The Labute approximate surface area is 196 Å².